The van der Waals surface area contributed by atoms with Gasteiger partial charge in [0, 0.05) is 41.1 Å². The molecule has 0 bridgehead atoms. The molecule has 0 unspecified atom stereocenters. The van der Waals surface area contributed by atoms with Gasteiger partial charge < -0.3 is 15.6 Å². The molecule has 162 valence electrons. The van der Waals surface area contributed by atoms with E-state index in [-0.39, 0.29) is 5.56 Å². The molecule has 0 amide bonds. The first-order valence-corrected chi connectivity index (χ1v) is 11.9. The lowest BCUT2D eigenvalue weighted by Crippen LogP contribution is -2.28. The van der Waals surface area contributed by atoms with Crippen LogP contribution in [0.5, 0.6) is 0 Å². The molecule has 0 spiro atoms. The summed E-state index contributed by atoms with van der Waals surface area (Å²) in [4.78, 5) is 19.5. The standard InChI is InChI=1S/C26H32N4O/c31-25-15-14-18-21(12-7-13-22(18)30-25)27-16-5-6-17-28-26-19-8-1-3-10-23(19)29-24-11-4-2-9-20(24)26/h1,3,8,10,14-15,21,27H,2,4-7,9,11-13,16-17H2,(H,28,29)(H,30,31)/t21-/m0/s1. The van der Waals surface area contributed by atoms with Gasteiger partial charge in [-0.2, -0.15) is 0 Å². The molecule has 2 aliphatic rings. The molecule has 5 nitrogen and oxygen atoms in total. The van der Waals surface area contributed by atoms with E-state index in [4.69, 9.17) is 4.98 Å². The highest BCUT2D eigenvalue weighted by atomic mass is 16.1. The first-order valence-electron chi connectivity index (χ1n) is 11.9. The predicted molar refractivity (Wildman–Crippen MR) is 127 cm³/mol. The number of rotatable bonds is 7. The maximum absolute atomic E-state index is 11.6. The Bertz CT molecular complexity index is 1120. The molecule has 0 saturated heterocycles. The van der Waals surface area contributed by atoms with Crippen molar-refractivity contribution >= 4 is 16.6 Å². The first-order chi connectivity index (χ1) is 15.3. The molecule has 5 rings (SSSR count). The molecule has 1 aromatic carbocycles. The number of anilines is 1. The summed E-state index contributed by atoms with van der Waals surface area (Å²) in [5, 5.41) is 8.74. The number of nitrogens with one attached hydrogen (secondary N) is 3. The highest BCUT2D eigenvalue weighted by Gasteiger charge is 2.20. The minimum Gasteiger partial charge on any atom is -0.384 e. The van der Waals surface area contributed by atoms with Gasteiger partial charge >= 0.3 is 0 Å². The average molecular weight is 417 g/mol. The van der Waals surface area contributed by atoms with E-state index in [0.29, 0.717) is 6.04 Å². The smallest absolute Gasteiger partial charge is 0.248 e. The summed E-state index contributed by atoms with van der Waals surface area (Å²) in [5.74, 6) is 0. The monoisotopic (exact) mass is 416 g/mol. The minimum atomic E-state index is 0.0105. The molecule has 0 radical (unpaired) electrons. The van der Waals surface area contributed by atoms with Crippen molar-refractivity contribution in [1.29, 1.82) is 0 Å². The summed E-state index contributed by atoms with van der Waals surface area (Å²) < 4.78 is 0. The number of aryl methyl sites for hydroxylation is 2. The summed E-state index contributed by atoms with van der Waals surface area (Å²) in [6, 6.07) is 12.6. The van der Waals surface area contributed by atoms with Crippen molar-refractivity contribution < 1.29 is 0 Å². The Morgan fingerprint density at radius 3 is 2.81 bits per heavy atom. The topological polar surface area (TPSA) is 69.8 Å². The third-order valence-electron chi connectivity index (χ3n) is 6.80. The molecule has 0 saturated carbocycles. The number of fused-ring (bicyclic) bond motifs is 3. The van der Waals surface area contributed by atoms with Crippen LogP contribution in [-0.2, 0) is 19.3 Å². The highest BCUT2D eigenvalue weighted by molar-refractivity contribution is 5.93. The predicted octanol–water partition coefficient (Wildman–Crippen LogP) is 4.66. The molecule has 2 aliphatic carbocycles. The van der Waals surface area contributed by atoms with Crippen molar-refractivity contribution in [2.45, 2.75) is 63.8 Å². The van der Waals surface area contributed by atoms with Crippen LogP contribution in [0.15, 0.2) is 41.2 Å². The fraction of sp³-hybridized carbons (Fsp3) is 0.462. The molecule has 5 heteroatoms. The van der Waals surface area contributed by atoms with Crippen molar-refractivity contribution in [2.75, 3.05) is 18.4 Å². The third-order valence-corrected chi connectivity index (χ3v) is 6.80. The number of pyridine rings is 2. The second-order valence-electron chi connectivity index (χ2n) is 8.93. The molecule has 3 N–H and O–H groups in total. The number of unbranched alkanes of at least 4 members (excludes halogenated alkanes) is 1. The molecule has 0 fully saturated rings. The molecular formula is C26H32N4O. The highest BCUT2D eigenvalue weighted by Crippen LogP contribution is 2.33. The number of aromatic amines is 1. The Balaban J connectivity index is 1.17. The van der Waals surface area contributed by atoms with Crippen LogP contribution in [0.4, 0.5) is 5.69 Å². The van der Waals surface area contributed by atoms with Gasteiger partial charge in [-0.05, 0) is 81.5 Å². The van der Waals surface area contributed by atoms with Gasteiger partial charge in [0.15, 0.2) is 0 Å². The van der Waals surface area contributed by atoms with Crippen LogP contribution in [0.2, 0.25) is 0 Å². The number of para-hydroxylation sites is 1. The largest absolute Gasteiger partial charge is 0.384 e. The van der Waals surface area contributed by atoms with Crippen molar-refractivity contribution in [1.82, 2.24) is 15.3 Å². The van der Waals surface area contributed by atoms with E-state index in [2.05, 4.69) is 39.9 Å². The van der Waals surface area contributed by atoms with E-state index in [9.17, 15) is 4.79 Å². The summed E-state index contributed by atoms with van der Waals surface area (Å²) in [7, 11) is 0. The maximum Gasteiger partial charge on any atom is 0.248 e. The van der Waals surface area contributed by atoms with Gasteiger partial charge in [0.25, 0.3) is 0 Å². The van der Waals surface area contributed by atoms with Gasteiger partial charge in [-0.1, -0.05) is 24.3 Å². The van der Waals surface area contributed by atoms with Gasteiger partial charge in [0.2, 0.25) is 5.56 Å². The fourth-order valence-electron chi connectivity index (χ4n) is 5.23. The van der Waals surface area contributed by atoms with Crippen LogP contribution in [-0.4, -0.2) is 23.1 Å². The van der Waals surface area contributed by atoms with E-state index in [1.807, 2.05) is 6.07 Å². The van der Waals surface area contributed by atoms with E-state index in [1.54, 1.807) is 6.07 Å². The van der Waals surface area contributed by atoms with Crippen LogP contribution in [0.3, 0.4) is 0 Å². The molecule has 3 aromatic rings. The molecule has 2 aromatic heterocycles. The average Bonchev–Trinajstić information content (AvgIpc) is 2.80. The van der Waals surface area contributed by atoms with Crippen LogP contribution in [0.25, 0.3) is 10.9 Å². The van der Waals surface area contributed by atoms with Crippen LogP contribution >= 0.6 is 0 Å². The summed E-state index contributed by atoms with van der Waals surface area (Å²) >= 11 is 0. The zero-order valence-corrected chi connectivity index (χ0v) is 18.2. The summed E-state index contributed by atoms with van der Waals surface area (Å²) in [5.41, 5.74) is 7.57. The Morgan fingerprint density at radius 1 is 0.968 bits per heavy atom. The number of H-pyrrole nitrogens is 1. The summed E-state index contributed by atoms with van der Waals surface area (Å²) in [6.07, 6.45) is 10.3. The van der Waals surface area contributed by atoms with E-state index < -0.39 is 0 Å². The van der Waals surface area contributed by atoms with Crippen LogP contribution < -0.4 is 16.2 Å². The zero-order valence-electron chi connectivity index (χ0n) is 18.2. The van der Waals surface area contributed by atoms with Gasteiger partial charge in [-0.3, -0.25) is 9.78 Å². The first kappa shape index (κ1) is 20.3. The second-order valence-corrected chi connectivity index (χ2v) is 8.93. The number of hydrogen-bond donors (Lipinski definition) is 3. The van der Waals surface area contributed by atoms with Gasteiger partial charge in [-0.25, -0.2) is 0 Å². The number of hydrogen-bond acceptors (Lipinski definition) is 4. The van der Waals surface area contributed by atoms with Crippen molar-refractivity contribution in [3.8, 4) is 0 Å². The minimum absolute atomic E-state index is 0.0105. The Kier molecular flexibility index (Phi) is 6.03. The van der Waals surface area contributed by atoms with Crippen molar-refractivity contribution in [2.24, 2.45) is 0 Å². The van der Waals surface area contributed by atoms with Gasteiger partial charge in [0.05, 0.1) is 5.52 Å². The van der Waals surface area contributed by atoms with Crippen LogP contribution in [0, 0.1) is 0 Å². The third kappa shape index (κ3) is 4.38. The number of benzene rings is 1. The number of aromatic nitrogens is 2. The fourth-order valence-corrected chi connectivity index (χ4v) is 5.23. The SMILES string of the molecule is O=c1ccc2c([nH]1)CCC[C@@H]2NCCCCNc1c2c(nc3ccccc13)CCCC2. The molecule has 1 atom stereocenters. The van der Waals surface area contributed by atoms with E-state index in [1.165, 1.54) is 40.7 Å². The Morgan fingerprint density at radius 2 is 1.84 bits per heavy atom. The van der Waals surface area contributed by atoms with Crippen molar-refractivity contribution in [3.05, 3.63) is 69.3 Å². The lowest BCUT2D eigenvalue weighted by Gasteiger charge is -2.26. The van der Waals surface area contributed by atoms with E-state index in [0.717, 1.165) is 69.2 Å². The molecule has 0 aliphatic heterocycles. The van der Waals surface area contributed by atoms with Crippen LogP contribution in [0.1, 0.15) is 67.1 Å². The lowest BCUT2D eigenvalue weighted by molar-refractivity contribution is 0.448. The van der Waals surface area contributed by atoms with E-state index >= 15 is 0 Å². The Labute approximate surface area is 183 Å². The Hall–Kier alpha value is -2.66. The van der Waals surface area contributed by atoms with Gasteiger partial charge in [-0.15, -0.1) is 0 Å². The zero-order chi connectivity index (χ0) is 21.0. The maximum atomic E-state index is 11.6. The molecule has 31 heavy (non-hydrogen) atoms. The quantitative estimate of drug-likeness (QED) is 0.490. The lowest BCUT2D eigenvalue weighted by atomic mass is 9.91. The normalized spacial score (nSPS) is 17.9. The van der Waals surface area contributed by atoms with Gasteiger partial charge in [0.1, 0.15) is 0 Å². The van der Waals surface area contributed by atoms with Crippen molar-refractivity contribution in [3.63, 3.8) is 0 Å². The molecule has 2 heterocycles. The number of nitrogens with zero attached hydrogens (tertiary/aromatic N) is 1. The summed E-state index contributed by atoms with van der Waals surface area (Å²) in [6.45, 7) is 1.98. The second kappa shape index (κ2) is 9.23. The molecular weight excluding hydrogens is 384 g/mol.